The molecule has 0 fully saturated rings. The molecule has 8 heteroatoms. The van der Waals surface area contributed by atoms with Gasteiger partial charge < -0.3 is 9.47 Å². The molecule has 3 rings (SSSR count). The fraction of sp³-hybridized carbons (Fsp3) is 0.500. The molecule has 140 valence electrons. The maximum absolute atomic E-state index is 11.6. The van der Waals surface area contributed by atoms with Crippen molar-refractivity contribution in [3.63, 3.8) is 0 Å². The first-order valence-corrected chi connectivity index (χ1v) is 8.87. The van der Waals surface area contributed by atoms with Gasteiger partial charge in [0, 0.05) is 42.4 Å². The van der Waals surface area contributed by atoms with Gasteiger partial charge in [0.05, 0.1) is 24.3 Å². The molecule has 0 bridgehead atoms. The Balaban J connectivity index is 2.08. The number of H-pyrrole nitrogens is 1. The van der Waals surface area contributed by atoms with Gasteiger partial charge in [-0.25, -0.2) is 0 Å². The van der Waals surface area contributed by atoms with E-state index in [1.54, 1.807) is 6.07 Å². The molecule has 1 aromatic heterocycles. The lowest BCUT2D eigenvalue weighted by Gasteiger charge is -2.25. The molecule has 0 aliphatic carbocycles. The fourth-order valence-corrected chi connectivity index (χ4v) is 3.22. The Labute approximate surface area is 152 Å². The van der Waals surface area contributed by atoms with Crippen LogP contribution in [0, 0.1) is 10.1 Å². The summed E-state index contributed by atoms with van der Waals surface area (Å²) in [6.45, 7) is 7.18. The first-order valence-electron chi connectivity index (χ1n) is 8.87. The van der Waals surface area contributed by atoms with Crippen LogP contribution in [0.4, 0.5) is 5.69 Å². The van der Waals surface area contributed by atoms with Crippen LogP contribution in [-0.4, -0.2) is 46.8 Å². The van der Waals surface area contributed by atoms with Gasteiger partial charge in [0.2, 0.25) is 5.75 Å². The lowest BCUT2D eigenvalue weighted by molar-refractivity contribution is -0.385. The molecule has 1 aromatic carbocycles. The van der Waals surface area contributed by atoms with Crippen LogP contribution in [0.1, 0.15) is 31.5 Å². The number of nitro benzene ring substituents is 1. The molecule has 0 saturated heterocycles. The second kappa shape index (κ2) is 7.74. The molecule has 0 spiro atoms. The third kappa shape index (κ3) is 3.37. The molecule has 8 nitrogen and oxygen atoms in total. The molecule has 0 atom stereocenters. The third-order valence-electron chi connectivity index (χ3n) is 4.64. The van der Waals surface area contributed by atoms with Crippen molar-refractivity contribution in [2.24, 2.45) is 0 Å². The van der Waals surface area contributed by atoms with Crippen molar-refractivity contribution in [1.29, 1.82) is 0 Å². The Hall–Kier alpha value is -2.61. The number of aromatic nitrogens is 2. The van der Waals surface area contributed by atoms with E-state index < -0.39 is 4.92 Å². The predicted molar refractivity (Wildman–Crippen MR) is 97.7 cm³/mol. The third-order valence-corrected chi connectivity index (χ3v) is 4.64. The first kappa shape index (κ1) is 18.2. The molecule has 1 aliphatic rings. The standard InChI is InChI=1S/C18H24N4O4/c1-4-8-26-18-15(22(23)24)9-12(10-16(18)25-3)17-13-11-21(5-2)7-6-14(13)19-20-17/h9-10H,4-8,11H2,1-3H3,(H,19,20). The summed E-state index contributed by atoms with van der Waals surface area (Å²) in [6.07, 6.45) is 1.65. The zero-order valence-electron chi connectivity index (χ0n) is 15.4. The van der Waals surface area contributed by atoms with Gasteiger partial charge in [-0.1, -0.05) is 13.8 Å². The number of nitrogens with zero attached hydrogens (tertiary/aromatic N) is 3. The average Bonchev–Trinajstić information content (AvgIpc) is 3.08. The number of methoxy groups -OCH3 is 1. The number of nitrogens with one attached hydrogen (secondary N) is 1. The molecular formula is C18H24N4O4. The Morgan fingerprint density at radius 2 is 2.19 bits per heavy atom. The zero-order chi connectivity index (χ0) is 18.7. The van der Waals surface area contributed by atoms with Crippen LogP contribution in [0.3, 0.4) is 0 Å². The number of fused-ring (bicyclic) bond motifs is 1. The van der Waals surface area contributed by atoms with Crippen LogP contribution in [0.2, 0.25) is 0 Å². The smallest absolute Gasteiger partial charge is 0.315 e. The highest BCUT2D eigenvalue weighted by molar-refractivity contribution is 5.73. The Bertz CT molecular complexity index is 803. The van der Waals surface area contributed by atoms with Gasteiger partial charge >= 0.3 is 5.69 Å². The number of hydrogen-bond acceptors (Lipinski definition) is 6. The number of rotatable bonds is 7. The molecule has 1 N–H and O–H groups in total. The number of hydrogen-bond donors (Lipinski definition) is 1. The van der Waals surface area contributed by atoms with Gasteiger partial charge in [-0.3, -0.25) is 20.1 Å². The summed E-state index contributed by atoms with van der Waals surface area (Å²) in [7, 11) is 1.49. The number of aromatic amines is 1. The summed E-state index contributed by atoms with van der Waals surface area (Å²) in [6, 6.07) is 3.29. The van der Waals surface area contributed by atoms with Crippen LogP contribution in [0.25, 0.3) is 11.3 Å². The molecule has 0 amide bonds. The van der Waals surface area contributed by atoms with Gasteiger partial charge in [0.25, 0.3) is 0 Å². The Morgan fingerprint density at radius 3 is 2.85 bits per heavy atom. The van der Waals surface area contributed by atoms with E-state index in [9.17, 15) is 10.1 Å². The number of likely N-dealkylation sites (N-methyl/N-ethyl adjacent to an activating group) is 1. The Morgan fingerprint density at radius 1 is 1.38 bits per heavy atom. The summed E-state index contributed by atoms with van der Waals surface area (Å²) in [5.41, 5.74) is 3.48. The van der Waals surface area contributed by atoms with E-state index in [4.69, 9.17) is 9.47 Å². The maximum atomic E-state index is 11.6. The summed E-state index contributed by atoms with van der Waals surface area (Å²) >= 11 is 0. The SMILES string of the molecule is CCCOc1c(OC)cc(-c2n[nH]c3c2CN(CC)CC3)cc1[N+](=O)[O-]. The highest BCUT2D eigenvalue weighted by Gasteiger charge is 2.27. The lowest BCUT2D eigenvalue weighted by atomic mass is 10.00. The summed E-state index contributed by atoms with van der Waals surface area (Å²) < 4.78 is 11.0. The van der Waals surface area contributed by atoms with E-state index in [1.807, 2.05) is 6.92 Å². The number of benzene rings is 1. The summed E-state index contributed by atoms with van der Waals surface area (Å²) in [5.74, 6) is 0.519. The van der Waals surface area contributed by atoms with Crippen molar-refractivity contribution in [3.8, 4) is 22.8 Å². The van der Waals surface area contributed by atoms with Gasteiger partial charge in [0.1, 0.15) is 0 Å². The summed E-state index contributed by atoms with van der Waals surface area (Å²) in [5, 5.41) is 19.1. The highest BCUT2D eigenvalue weighted by Crippen LogP contribution is 2.42. The molecule has 2 heterocycles. The van der Waals surface area contributed by atoms with Crippen LogP contribution >= 0.6 is 0 Å². The summed E-state index contributed by atoms with van der Waals surface area (Å²) in [4.78, 5) is 13.5. The fourth-order valence-electron chi connectivity index (χ4n) is 3.22. The Kier molecular flexibility index (Phi) is 5.41. The van der Waals surface area contributed by atoms with E-state index >= 15 is 0 Å². The van der Waals surface area contributed by atoms with Crippen molar-refractivity contribution in [1.82, 2.24) is 15.1 Å². The molecule has 1 aliphatic heterocycles. The van der Waals surface area contributed by atoms with Crippen molar-refractivity contribution in [2.75, 3.05) is 26.8 Å². The molecule has 0 saturated carbocycles. The van der Waals surface area contributed by atoms with E-state index in [0.717, 1.165) is 49.4 Å². The zero-order valence-corrected chi connectivity index (χ0v) is 15.4. The molecule has 26 heavy (non-hydrogen) atoms. The van der Waals surface area contributed by atoms with Crippen molar-refractivity contribution < 1.29 is 14.4 Å². The van der Waals surface area contributed by atoms with Gasteiger partial charge in [-0.2, -0.15) is 5.10 Å². The highest BCUT2D eigenvalue weighted by atomic mass is 16.6. The maximum Gasteiger partial charge on any atom is 0.315 e. The van der Waals surface area contributed by atoms with Gasteiger partial charge in [-0.15, -0.1) is 0 Å². The second-order valence-electron chi connectivity index (χ2n) is 6.28. The van der Waals surface area contributed by atoms with Crippen molar-refractivity contribution in [3.05, 3.63) is 33.5 Å². The molecule has 2 aromatic rings. The average molecular weight is 360 g/mol. The van der Waals surface area contributed by atoms with E-state index in [1.165, 1.54) is 13.2 Å². The van der Waals surface area contributed by atoms with Crippen LogP contribution in [0.15, 0.2) is 12.1 Å². The number of nitro groups is 1. The minimum Gasteiger partial charge on any atom is -0.493 e. The normalized spacial score (nSPS) is 14.1. The topological polar surface area (TPSA) is 93.5 Å². The van der Waals surface area contributed by atoms with Crippen LogP contribution in [0.5, 0.6) is 11.5 Å². The van der Waals surface area contributed by atoms with Gasteiger partial charge in [0.15, 0.2) is 5.75 Å². The minimum absolute atomic E-state index is 0.104. The first-order chi connectivity index (χ1) is 12.6. The molecule has 0 radical (unpaired) electrons. The van der Waals surface area contributed by atoms with E-state index in [-0.39, 0.29) is 11.4 Å². The van der Waals surface area contributed by atoms with E-state index in [0.29, 0.717) is 17.9 Å². The molecular weight excluding hydrogens is 336 g/mol. The lowest BCUT2D eigenvalue weighted by Crippen LogP contribution is -2.30. The predicted octanol–water partition coefficient (Wildman–Crippen LogP) is 3.16. The van der Waals surface area contributed by atoms with E-state index in [2.05, 4.69) is 22.0 Å². The second-order valence-corrected chi connectivity index (χ2v) is 6.28. The van der Waals surface area contributed by atoms with Crippen LogP contribution < -0.4 is 9.47 Å². The van der Waals surface area contributed by atoms with Crippen molar-refractivity contribution in [2.45, 2.75) is 33.2 Å². The van der Waals surface area contributed by atoms with Gasteiger partial charge in [-0.05, 0) is 19.0 Å². The quantitative estimate of drug-likeness (QED) is 0.602. The van der Waals surface area contributed by atoms with Crippen molar-refractivity contribution >= 4 is 5.69 Å². The number of ether oxygens (including phenoxy) is 2. The monoisotopic (exact) mass is 360 g/mol. The minimum atomic E-state index is -0.436. The molecule has 0 unspecified atom stereocenters. The largest absolute Gasteiger partial charge is 0.493 e. The van der Waals surface area contributed by atoms with Crippen LogP contribution in [-0.2, 0) is 13.0 Å².